The van der Waals surface area contributed by atoms with Gasteiger partial charge in [-0.3, -0.25) is 0 Å². The second kappa shape index (κ2) is 6.60. The van der Waals surface area contributed by atoms with Crippen molar-refractivity contribution in [3.05, 3.63) is 11.9 Å². The molecule has 5 heteroatoms. The highest BCUT2D eigenvalue weighted by atomic mass is 16.5. The minimum absolute atomic E-state index is 0.00441. The van der Waals surface area contributed by atoms with E-state index in [2.05, 4.69) is 17.2 Å². The highest BCUT2D eigenvalue weighted by Gasteiger charge is 2.09. The smallest absolute Gasteiger partial charge is 0.0994 e. The van der Waals surface area contributed by atoms with Crippen molar-refractivity contribution in [1.82, 2.24) is 15.0 Å². The molecule has 92 valence electrons. The van der Waals surface area contributed by atoms with Crippen LogP contribution in [0.15, 0.2) is 6.20 Å². The Morgan fingerprint density at radius 3 is 2.88 bits per heavy atom. The van der Waals surface area contributed by atoms with Gasteiger partial charge in [0, 0.05) is 0 Å². The quantitative estimate of drug-likeness (QED) is 0.765. The van der Waals surface area contributed by atoms with E-state index in [1.807, 2.05) is 20.0 Å². The van der Waals surface area contributed by atoms with Crippen LogP contribution < -0.4 is 5.73 Å². The molecule has 0 spiro atoms. The van der Waals surface area contributed by atoms with Crippen LogP contribution in [0.4, 0.5) is 0 Å². The van der Waals surface area contributed by atoms with E-state index in [9.17, 15) is 0 Å². The molecule has 0 aliphatic carbocycles. The van der Waals surface area contributed by atoms with E-state index in [4.69, 9.17) is 10.5 Å². The molecule has 0 fully saturated rings. The molecule has 2 N–H and O–H groups in total. The van der Waals surface area contributed by atoms with Crippen molar-refractivity contribution in [3.63, 3.8) is 0 Å². The normalized spacial score (nSPS) is 13.3. The van der Waals surface area contributed by atoms with Gasteiger partial charge in [-0.25, -0.2) is 4.68 Å². The summed E-state index contributed by atoms with van der Waals surface area (Å²) in [5.74, 6) is 0. The highest BCUT2D eigenvalue weighted by molar-refractivity contribution is 4.99. The van der Waals surface area contributed by atoms with Gasteiger partial charge in [-0.05, 0) is 20.3 Å². The molecule has 1 aromatic heterocycles. The van der Waals surface area contributed by atoms with Gasteiger partial charge in [0.25, 0.3) is 0 Å². The molecular formula is C11H22N4O. The maximum Gasteiger partial charge on any atom is 0.0994 e. The van der Waals surface area contributed by atoms with Crippen molar-refractivity contribution in [1.29, 1.82) is 0 Å². The van der Waals surface area contributed by atoms with Gasteiger partial charge >= 0.3 is 0 Å². The maximum absolute atomic E-state index is 5.95. The van der Waals surface area contributed by atoms with Gasteiger partial charge < -0.3 is 10.5 Å². The molecule has 0 aliphatic rings. The molecule has 0 saturated heterocycles. The first-order valence-corrected chi connectivity index (χ1v) is 5.90. The Labute approximate surface area is 97.0 Å². The highest BCUT2D eigenvalue weighted by Crippen LogP contribution is 2.11. The van der Waals surface area contributed by atoms with Gasteiger partial charge in [0.1, 0.15) is 0 Å². The average Bonchev–Trinajstić information content (AvgIpc) is 2.66. The zero-order valence-electron chi connectivity index (χ0n) is 10.4. The number of nitrogens with two attached hydrogens (primary N) is 1. The molecule has 1 unspecified atom stereocenters. The van der Waals surface area contributed by atoms with Gasteiger partial charge in [-0.1, -0.05) is 18.6 Å². The lowest BCUT2D eigenvalue weighted by Gasteiger charge is -2.06. The van der Waals surface area contributed by atoms with E-state index in [-0.39, 0.29) is 12.1 Å². The molecule has 0 saturated carbocycles. The summed E-state index contributed by atoms with van der Waals surface area (Å²) in [6.07, 6.45) is 4.17. The predicted molar refractivity (Wildman–Crippen MR) is 62.9 cm³/mol. The van der Waals surface area contributed by atoms with Gasteiger partial charge in [-0.2, -0.15) is 0 Å². The van der Waals surface area contributed by atoms with E-state index in [1.54, 1.807) is 4.68 Å². The summed E-state index contributed by atoms with van der Waals surface area (Å²) >= 11 is 0. The molecule has 0 radical (unpaired) electrons. The molecular weight excluding hydrogens is 204 g/mol. The summed E-state index contributed by atoms with van der Waals surface area (Å²) < 4.78 is 7.23. The average molecular weight is 226 g/mol. The van der Waals surface area contributed by atoms with E-state index in [0.29, 0.717) is 6.61 Å². The Morgan fingerprint density at radius 2 is 2.25 bits per heavy atom. The lowest BCUT2D eigenvalue weighted by Crippen LogP contribution is -2.11. The van der Waals surface area contributed by atoms with Gasteiger partial charge in [0.2, 0.25) is 0 Å². The Hall–Kier alpha value is -0.940. The second-order valence-electron chi connectivity index (χ2n) is 4.22. The number of aromatic nitrogens is 3. The van der Waals surface area contributed by atoms with Crippen LogP contribution >= 0.6 is 0 Å². The van der Waals surface area contributed by atoms with E-state index < -0.39 is 0 Å². The van der Waals surface area contributed by atoms with Crippen molar-refractivity contribution in [3.8, 4) is 0 Å². The van der Waals surface area contributed by atoms with Crippen LogP contribution in [-0.4, -0.2) is 27.7 Å². The molecule has 0 aromatic carbocycles. The van der Waals surface area contributed by atoms with Crippen LogP contribution in [0.3, 0.4) is 0 Å². The standard InChI is InChI=1S/C11H22N4O/c1-4-5-10(12)11-8-15(14-13-11)6-7-16-9(2)3/h8-10H,4-7,12H2,1-3H3. The molecule has 1 rings (SSSR count). The number of ether oxygens (including phenoxy) is 1. The summed E-state index contributed by atoms with van der Waals surface area (Å²) in [5.41, 5.74) is 6.82. The Morgan fingerprint density at radius 1 is 1.50 bits per heavy atom. The summed E-state index contributed by atoms with van der Waals surface area (Å²) in [4.78, 5) is 0. The molecule has 0 amide bonds. The summed E-state index contributed by atoms with van der Waals surface area (Å²) in [7, 11) is 0. The minimum atomic E-state index is 0.00441. The fourth-order valence-electron chi connectivity index (χ4n) is 1.43. The van der Waals surface area contributed by atoms with Crippen LogP contribution in [0.1, 0.15) is 45.3 Å². The van der Waals surface area contributed by atoms with Gasteiger partial charge in [0.05, 0.1) is 37.2 Å². The fourth-order valence-corrected chi connectivity index (χ4v) is 1.43. The number of rotatable bonds is 7. The largest absolute Gasteiger partial charge is 0.377 e. The topological polar surface area (TPSA) is 66.0 Å². The van der Waals surface area contributed by atoms with Crippen LogP contribution in [0.2, 0.25) is 0 Å². The van der Waals surface area contributed by atoms with Crippen LogP contribution in [0.5, 0.6) is 0 Å². The lowest BCUT2D eigenvalue weighted by molar-refractivity contribution is 0.0707. The molecule has 1 aromatic rings. The monoisotopic (exact) mass is 226 g/mol. The van der Waals surface area contributed by atoms with E-state index in [0.717, 1.165) is 25.1 Å². The Balaban J connectivity index is 2.39. The van der Waals surface area contributed by atoms with Crippen molar-refractivity contribution in [2.24, 2.45) is 5.73 Å². The summed E-state index contributed by atoms with van der Waals surface area (Å²) in [6, 6.07) is 0.00441. The van der Waals surface area contributed by atoms with Crippen LogP contribution in [0, 0.1) is 0 Å². The van der Waals surface area contributed by atoms with E-state index >= 15 is 0 Å². The number of nitrogens with zero attached hydrogens (tertiary/aromatic N) is 3. The van der Waals surface area contributed by atoms with E-state index in [1.165, 1.54) is 0 Å². The fraction of sp³-hybridized carbons (Fsp3) is 0.818. The molecule has 0 aliphatic heterocycles. The number of hydrogen-bond donors (Lipinski definition) is 1. The minimum Gasteiger partial charge on any atom is -0.377 e. The molecule has 5 nitrogen and oxygen atoms in total. The zero-order valence-corrected chi connectivity index (χ0v) is 10.4. The zero-order chi connectivity index (χ0) is 12.0. The maximum atomic E-state index is 5.95. The van der Waals surface area contributed by atoms with Gasteiger partial charge in [-0.15, -0.1) is 5.10 Å². The van der Waals surface area contributed by atoms with Crippen molar-refractivity contribution >= 4 is 0 Å². The third-order valence-electron chi connectivity index (χ3n) is 2.31. The SMILES string of the molecule is CCCC(N)c1cn(CCOC(C)C)nn1. The third-order valence-corrected chi connectivity index (χ3v) is 2.31. The summed E-state index contributed by atoms with van der Waals surface area (Å²) in [5, 5.41) is 8.09. The number of hydrogen-bond acceptors (Lipinski definition) is 4. The molecule has 1 heterocycles. The third kappa shape index (κ3) is 4.28. The first-order chi connectivity index (χ1) is 7.63. The summed E-state index contributed by atoms with van der Waals surface area (Å²) in [6.45, 7) is 7.53. The van der Waals surface area contributed by atoms with Crippen molar-refractivity contribution in [2.75, 3.05) is 6.61 Å². The molecule has 0 bridgehead atoms. The molecule has 1 atom stereocenters. The Bertz CT molecular complexity index is 298. The van der Waals surface area contributed by atoms with Crippen molar-refractivity contribution < 1.29 is 4.74 Å². The second-order valence-corrected chi connectivity index (χ2v) is 4.22. The van der Waals surface area contributed by atoms with Crippen LogP contribution in [0.25, 0.3) is 0 Å². The first kappa shape index (κ1) is 13.1. The first-order valence-electron chi connectivity index (χ1n) is 5.90. The van der Waals surface area contributed by atoms with Crippen LogP contribution in [-0.2, 0) is 11.3 Å². The predicted octanol–water partition coefficient (Wildman–Crippen LogP) is 1.50. The van der Waals surface area contributed by atoms with Gasteiger partial charge in [0.15, 0.2) is 0 Å². The lowest BCUT2D eigenvalue weighted by atomic mass is 10.1. The van der Waals surface area contributed by atoms with Crippen molar-refractivity contribution in [2.45, 2.75) is 52.3 Å². The molecule has 16 heavy (non-hydrogen) atoms. The Kier molecular flexibility index (Phi) is 5.42.